The second-order valence-corrected chi connectivity index (χ2v) is 6.05. The van der Waals surface area contributed by atoms with Crippen LogP contribution in [0.2, 0.25) is 0 Å². The fourth-order valence-electron chi connectivity index (χ4n) is 2.29. The van der Waals surface area contributed by atoms with Crippen LogP contribution in [-0.4, -0.2) is 30.8 Å². The van der Waals surface area contributed by atoms with Crippen molar-refractivity contribution in [3.05, 3.63) is 65.2 Å². The summed E-state index contributed by atoms with van der Waals surface area (Å²) >= 11 is 0. The number of hydrogen-bond acceptors (Lipinski definition) is 4. The van der Waals surface area contributed by atoms with Gasteiger partial charge in [-0.2, -0.15) is 13.2 Å². The molecule has 0 aliphatic rings. The van der Waals surface area contributed by atoms with Crippen LogP contribution in [0, 0.1) is 0 Å². The molecular weight excluding hydrogens is 389 g/mol. The Morgan fingerprint density at radius 2 is 1.62 bits per heavy atom. The van der Waals surface area contributed by atoms with Crippen molar-refractivity contribution < 1.29 is 27.6 Å². The predicted molar refractivity (Wildman–Crippen MR) is 99.8 cm³/mol. The van der Waals surface area contributed by atoms with Crippen molar-refractivity contribution in [3.8, 4) is 0 Å². The number of nitrogens with two attached hydrogens (primary N) is 1. The average Bonchev–Trinajstić information content (AvgIpc) is 2.69. The Hall–Kier alpha value is -3.56. The number of anilines is 1. The SMILES string of the molecule is NC(=O)CNC(=O)c1ccc(CNC(=O)CNc2cccc(C(F)(F)F)c2)cc1. The Morgan fingerprint density at radius 3 is 2.24 bits per heavy atom. The van der Waals surface area contributed by atoms with Crippen molar-refractivity contribution in [1.82, 2.24) is 10.6 Å². The smallest absolute Gasteiger partial charge is 0.376 e. The molecule has 2 aromatic carbocycles. The highest BCUT2D eigenvalue weighted by atomic mass is 19.4. The summed E-state index contributed by atoms with van der Waals surface area (Å²) in [6.45, 7) is -0.295. The van der Waals surface area contributed by atoms with Crippen molar-refractivity contribution >= 4 is 23.4 Å². The molecule has 0 aliphatic carbocycles. The first-order valence-corrected chi connectivity index (χ1v) is 8.48. The molecule has 0 spiro atoms. The van der Waals surface area contributed by atoms with E-state index in [1.807, 2.05) is 0 Å². The highest BCUT2D eigenvalue weighted by Gasteiger charge is 2.30. The summed E-state index contributed by atoms with van der Waals surface area (Å²) < 4.78 is 38.0. The van der Waals surface area contributed by atoms with Crippen LogP contribution in [0.3, 0.4) is 0 Å². The van der Waals surface area contributed by atoms with Gasteiger partial charge in [-0.3, -0.25) is 14.4 Å². The molecular formula is C19H19F3N4O3. The maximum absolute atomic E-state index is 12.7. The van der Waals surface area contributed by atoms with E-state index < -0.39 is 29.5 Å². The third-order valence-corrected chi connectivity index (χ3v) is 3.77. The van der Waals surface area contributed by atoms with Gasteiger partial charge in [0.1, 0.15) is 0 Å². The van der Waals surface area contributed by atoms with Crippen LogP contribution < -0.4 is 21.7 Å². The van der Waals surface area contributed by atoms with Gasteiger partial charge in [0.15, 0.2) is 0 Å². The van der Waals surface area contributed by atoms with Crippen molar-refractivity contribution in [2.75, 3.05) is 18.4 Å². The summed E-state index contributed by atoms with van der Waals surface area (Å²) in [6.07, 6.45) is -4.46. The quantitative estimate of drug-likeness (QED) is 0.532. The molecule has 0 bridgehead atoms. The standard InChI is InChI=1S/C19H19F3N4O3/c20-19(21,22)14-2-1-3-15(8-14)24-11-17(28)25-9-12-4-6-13(7-5-12)18(29)26-10-16(23)27/h1-8,24H,9-11H2,(H2,23,27)(H,25,28)(H,26,29). The van der Waals surface area contributed by atoms with E-state index in [-0.39, 0.29) is 25.3 Å². The number of hydrogen-bond donors (Lipinski definition) is 4. The van der Waals surface area contributed by atoms with Gasteiger partial charge in [-0.1, -0.05) is 18.2 Å². The summed E-state index contributed by atoms with van der Waals surface area (Å²) in [5.41, 5.74) is 5.37. The molecule has 0 fully saturated rings. The van der Waals surface area contributed by atoms with E-state index in [0.29, 0.717) is 11.1 Å². The number of alkyl halides is 3. The molecule has 0 saturated heterocycles. The fraction of sp³-hybridized carbons (Fsp3) is 0.211. The third-order valence-electron chi connectivity index (χ3n) is 3.77. The summed E-state index contributed by atoms with van der Waals surface area (Å²) in [5, 5.41) is 7.61. The van der Waals surface area contributed by atoms with Gasteiger partial charge < -0.3 is 21.7 Å². The van der Waals surface area contributed by atoms with E-state index in [1.165, 1.54) is 24.3 Å². The number of benzene rings is 2. The minimum absolute atomic E-state index is 0.173. The van der Waals surface area contributed by atoms with E-state index >= 15 is 0 Å². The monoisotopic (exact) mass is 408 g/mol. The van der Waals surface area contributed by atoms with Gasteiger partial charge in [-0.05, 0) is 35.9 Å². The van der Waals surface area contributed by atoms with Crippen LogP contribution in [0.4, 0.5) is 18.9 Å². The zero-order valence-corrected chi connectivity index (χ0v) is 15.2. The molecule has 0 aromatic heterocycles. The number of rotatable bonds is 8. The summed E-state index contributed by atoms with van der Waals surface area (Å²) in [5.74, 6) is -1.52. The van der Waals surface area contributed by atoms with Crippen LogP contribution in [0.1, 0.15) is 21.5 Å². The van der Waals surface area contributed by atoms with E-state index in [1.54, 1.807) is 12.1 Å². The lowest BCUT2D eigenvalue weighted by Gasteiger charge is -2.11. The molecule has 0 aliphatic heterocycles. The minimum atomic E-state index is -4.46. The van der Waals surface area contributed by atoms with E-state index in [4.69, 9.17) is 5.73 Å². The van der Waals surface area contributed by atoms with Crippen LogP contribution >= 0.6 is 0 Å². The molecule has 2 rings (SSSR count). The zero-order valence-electron chi connectivity index (χ0n) is 15.2. The molecule has 154 valence electrons. The normalized spacial score (nSPS) is 10.9. The summed E-state index contributed by atoms with van der Waals surface area (Å²) in [6, 6.07) is 10.9. The molecule has 0 heterocycles. The third kappa shape index (κ3) is 7.17. The van der Waals surface area contributed by atoms with Gasteiger partial charge in [0.2, 0.25) is 11.8 Å². The second-order valence-electron chi connectivity index (χ2n) is 6.05. The van der Waals surface area contributed by atoms with Crippen molar-refractivity contribution in [2.45, 2.75) is 12.7 Å². The second kappa shape index (κ2) is 9.58. The molecule has 0 saturated carbocycles. The number of amides is 3. The topological polar surface area (TPSA) is 113 Å². The van der Waals surface area contributed by atoms with Crippen molar-refractivity contribution in [2.24, 2.45) is 5.73 Å². The maximum Gasteiger partial charge on any atom is 0.416 e. The van der Waals surface area contributed by atoms with Crippen LogP contribution in [0.5, 0.6) is 0 Å². The van der Waals surface area contributed by atoms with Gasteiger partial charge in [0, 0.05) is 17.8 Å². The number of halogens is 3. The summed E-state index contributed by atoms with van der Waals surface area (Å²) in [4.78, 5) is 34.3. The first-order valence-electron chi connectivity index (χ1n) is 8.48. The van der Waals surface area contributed by atoms with E-state index in [2.05, 4.69) is 16.0 Å². The average molecular weight is 408 g/mol. The Morgan fingerprint density at radius 1 is 0.931 bits per heavy atom. The van der Waals surface area contributed by atoms with Gasteiger partial charge in [-0.25, -0.2) is 0 Å². The van der Waals surface area contributed by atoms with Gasteiger partial charge in [-0.15, -0.1) is 0 Å². The molecule has 2 aromatic rings. The summed E-state index contributed by atoms with van der Waals surface area (Å²) in [7, 11) is 0. The Kier molecular flexibility index (Phi) is 7.18. The Balaban J connectivity index is 1.80. The van der Waals surface area contributed by atoms with Crippen LogP contribution in [0.25, 0.3) is 0 Å². The first-order chi connectivity index (χ1) is 13.6. The van der Waals surface area contributed by atoms with Crippen LogP contribution in [0.15, 0.2) is 48.5 Å². The Bertz CT molecular complexity index is 883. The van der Waals surface area contributed by atoms with Gasteiger partial charge in [0.25, 0.3) is 5.91 Å². The molecule has 29 heavy (non-hydrogen) atoms. The minimum Gasteiger partial charge on any atom is -0.376 e. The molecule has 10 heteroatoms. The van der Waals surface area contributed by atoms with Crippen LogP contribution in [-0.2, 0) is 22.3 Å². The number of primary amides is 1. The maximum atomic E-state index is 12.7. The molecule has 3 amide bonds. The fourth-order valence-corrected chi connectivity index (χ4v) is 2.29. The van der Waals surface area contributed by atoms with E-state index in [0.717, 1.165) is 12.1 Å². The molecule has 5 N–H and O–H groups in total. The zero-order chi connectivity index (χ0) is 21.4. The number of carbonyl (C=O) groups excluding carboxylic acids is 3. The first kappa shape index (κ1) is 21.7. The van der Waals surface area contributed by atoms with Crippen molar-refractivity contribution in [1.29, 1.82) is 0 Å². The lowest BCUT2D eigenvalue weighted by molar-refractivity contribution is -0.137. The molecule has 0 radical (unpaired) electrons. The highest BCUT2D eigenvalue weighted by Crippen LogP contribution is 2.30. The Labute approximate surface area is 164 Å². The molecule has 0 unspecified atom stereocenters. The molecule has 7 nitrogen and oxygen atoms in total. The lowest BCUT2D eigenvalue weighted by atomic mass is 10.1. The predicted octanol–water partition coefficient (Wildman–Crippen LogP) is 1.65. The highest BCUT2D eigenvalue weighted by molar-refractivity contribution is 5.96. The lowest BCUT2D eigenvalue weighted by Crippen LogP contribution is -2.33. The number of nitrogens with one attached hydrogen (secondary N) is 3. The van der Waals surface area contributed by atoms with Gasteiger partial charge in [0.05, 0.1) is 18.7 Å². The largest absolute Gasteiger partial charge is 0.416 e. The van der Waals surface area contributed by atoms with Gasteiger partial charge >= 0.3 is 6.18 Å². The molecule has 0 atom stereocenters. The van der Waals surface area contributed by atoms with Crippen molar-refractivity contribution in [3.63, 3.8) is 0 Å². The van der Waals surface area contributed by atoms with E-state index in [9.17, 15) is 27.6 Å². The number of carbonyl (C=O) groups is 3.